The number of hydrogen-bond acceptors (Lipinski definition) is 3. The maximum absolute atomic E-state index is 13.4. The van der Waals surface area contributed by atoms with Crippen LogP contribution in [0.1, 0.15) is 50.8 Å². The predicted molar refractivity (Wildman–Crippen MR) is 126 cm³/mol. The molecule has 0 spiro atoms. The van der Waals surface area contributed by atoms with Crippen LogP contribution in [0.3, 0.4) is 0 Å². The van der Waals surface area contributed by atoms with E-state index < -0.39 is 5.54 Å². The van der Waals surface area contributed by atoms with Crippen molar-refractivity contribution in [2.24, 2.45) is 0 Å². The molecule has 1 aliphatic heterocycles. The van der Waals surface area contributed by atoms with Gasteiger partial charge in [-0.15, -0.1) is 0 Å². The molecule has 1 atom stereocenters. The summed E-state index contributed by atoms with van der Waals surface area (Å²) in [6, 6.07) is 18.0. The maximum atomic E-state index is 13.4. The normalized spacial score (nSPS) is 17.3. The number of rotatable bonds is 8. The van der Waals surface area contributed by atoms with Gasteiger partial charge in [-0.25, -0.2) is 4.79 Å². The second kappa shape index (κ2) is 9.50. The number of aryl methyl sites for hydroxylation is 1. The van der Waals surface area contributed by atoms with Crippen molar-refractivity contribution in [3.8, 4) is 17.6 Å². The minimum Gasteiger partial charge on any atom is -0.494 e. The van der Waals surface area contributed by atoms with Crippen molar-refractivity contribution in [1.82, 2.24) is 9.63 Å². The molecule has 0 saturated carbocycles. The third-order valence-corrected chi connectivity index (χ3v) is 5.97. The first-order valence-electron chi connectivity index (χ1n) is 11.4. The molecule has 5 heteroatoms. The smallest absolute Gasteiger partial charge is 0.354 e. The van der Waals surface area contributed by atoms with Crippen LogP contribution < -0.4 is 4.74 Å². The van der Waals surface area contributed by atoms with Crippen LogP contribution in [0.25, 0.3) is 10.9 Å². The molecule has 4 rings (SSSR count). The zero-order valence-corrected chi connectivity index (χ0v) is 19.1. The van der Waals surface area contributed by atoms with Gasteiger partial charge in [0.15, 0.2) is 5.54 Å². The Morgan fingerprint density at radius 3 is 2.59 bits per heavy atom. The number of nitrogens with zero attached hydrogens (tertiary/aromatic N) is 2. The molecule has 1 unspecified atom stereocenters. The topological polar surface area (TPSA) is 43.7 Å². The zero-order valence-electron chi connectivity index (χ0n) is 19.1. The van der Waals surface area contributed by atoms with E-state index in [1.165, 1.54) is 10.6 Å². The summed E-state index contributed by atoms with van der Waals surface area (Å²) >= 11 is 0. The van der Waals surface area contributed by atoms with E-state index >= 15 is 0 Å². The highest BCUT2D eigenvalue weighted by Gasteiger charge is 2.50. The monoisotopic (exact) mass is 430 g/mol. The number of hydrogen-bond donors (Lipinski definition) is 0. The highest BCUT2D eigenvalue weighted by molar-refractivity contribution is 5.96. The quantitative estimate of drug-likeness (QED) is 0.418. The fraction of sp³-hybridized carbons (Fsp3) is 0.370. The molecule has 1 aliphatic rings. The number of ether oxygens (including phenoxy) is 1. The summed E-state index contributed by atoms with van der Waals surface area (Å²) in [4.78, 5) is 19.1. The van der Waals surface area contributed by atoms with E-state index in [4.69, 9.17) is 9.57 Å². The second-order valence-electron chi connectivity index (χ2n) is 8.03. The number of unbranched alkanes of at least 4 members (excludes halogenated alkanes) is 1. The molecule has 0 N–H and O–H groups in total. The lowest BCUT2D eigenvalue weighted by atomic mass is 9.89. The lowest BCUT2D eigenvalue weighted by Crippen LogP contribution is -2.42. The molecule has 2 heterocycles. The van der Waals surface area contributed by atoms with Gasteiger partial charge < -0.3 is 4.74 Å². The van der Waals surface area contributed by atoms with Crippen LogP contribution in [0.15, 0.2) is 54.6 Å². The van der Waals surface area contributed by atoms with Crippen LogP contribution in [0.5, 0.6) is 5.75 Å². The lowest BCUT2D eigenvalue weighted by Gasteiger charge is -2.31. The molecule has 0 bridgehead atoms. The first kappa shape index (κ1) is 22.0. The van der Waals surface area contributed by atoms with Gasteiger partial charge in [0.25, 0.3) is 0 Å². The lowest BCUT2D eigenvalue weighted by molar-refractivity contribution is -0.134. The number of benzene rings is 2. The first-order valence-corrected chi connectivity index (χ1v) is 11.4. The van der Waals surface area contributed by atoms with Gasteiger partial charge in [0.1, 0.15) is 5.75 Å². The molecule has 1 aromatic heterocycles. The fourth-order valence-electron chi connectivity index (χ4n) is 4.45. The Morgan fingerprint density at radius 2 is 1.88 bits per heavy atom. The van der Waals surface area contributed by atoms with Crippen molar-refractivity contribution >= 4 is 16.9 Å². The van der Waals surface area contributed by atoms with Crippen molar-refractivity contribution in [1.29, 1.82) is 0 Å². The molecule has 2 aromatic carbocycles. The van der Waals surface area contributed by atoms with E-state index in [1.54, 1.807) is 11.7 Å². The summed E-state index contributed by atoms with van der Waals surface area (Å²) < 4.78 is 7.41. The van der Waals surface area contributed by atoms with Crippen LogP contribution in [-0.2, 0) is 16.8 Å². The maximum Gasteiger partial charge on any atom is 0.354 e. The average Bonchev–Trinajstić information content (AvgIpc) is 3.29. The Balaban J connectivity index is 1.76. The Morgan fingerprint density at radius 1 is 1.06 bits per heavy atom. The van der Waals surface area contributed by atoms with Crippen molar-refractivity contribution in [2.45, 2.75) is 51.5 Å². The molecule has 32 heavy (non-hydrogen) atoms. The summed E-state index contributed by atoms with van der Waals surface area (Å²) in [5.41, 5.74) is 2.17. The average molecular weight is 431 g/mol. The van der Waals surface area contributed by atoms with E-state index in [9.17, 15) is 4.79 Å². The van der Waals surface area contributed by atoms with Crippen molar-refractivity contribution < 1.29 is 14.4 Å². The number of carbonyl (C=O) groups is 1. The number of hydroxylamine groups is 2. The van der Waals surface area contributed by atoms with Crippen molar-refractivity contribution in [3.05, 3.63) is 65.9 Å². The van der Waals surface area contributed by atoms with Gasteiger partial charge in [0.05, 0.1) is 24.9 Å². The largest absolute Gasteiger partial charge is 0.494 e. The highest BCUT2D eigenvalue weighted by Crippen LogP contribution is 2.43. The van der Waals surface area contributed by atoms with E-state index in [0.29, 0.717) is 6.61 Å². The summed E-state index contributed by atoms with van der Waals surface area (Å²) in [6.07, 6.45) is 4.26. The molecule has 1 amide bonds. The molecule has 0 radical (unpaired) electrons. The molecule has 5 nitrogen and oxygen atoms in total. The Bertz CT molecular complexity index is 1160. The predicted octanol–water partition coefficient (Wildman–Crippen LogP) is 5.91. The van der Waals surface area contributed by atoms with E-state index in [2.05, 4.69) is 37.0 Å². The van der Waals surface area contributed by atoms with Gasteiger partial charge in [0, 0.05) is 11.8 Å². The molecule has 0 aliphatic carbocycles. The van der Waals surface area contributed by atoms with Crippen molar-refractivity contribution in [3.63, 3.8) is 0 Å². The second-order valence-corrected chi connectivity index (χ2v) is 8.03. The van der Waals surface area contributed by atoms with Gasteiger partial charge in [-0.1, -0.05) is 55.5 Å². The number of fused-ring (bicyclic) bond motifs is 3. The third kappa shape index (κ3) is 3.87. The van der Waals surface area contributed by atoms with E-state index in [0.717, 1.165) is 54.5 Å². The number of amides is 1. The van der Waals surface area contributed by atoms with Gasteiger partial charge in [0.2, 0.25) is 0 Å². The summed E-state index contributed by atoms with van der Waals surface area (Å²) in [5, 5.41) is 2.44. The Hall–Kier alpha value is -3.23. The number of aromatic nitrogens is 1. The molecule has 166 valence electrons. The van der Waals surface area contributed by atoms with Crippen molar-refractivity contribution in [2.75, 3.05) is 13.7 Å². The van der Waals surface area contributed by atoms with Crippen LogP contribution in [-0.4, -0.2) is 29.4 Å². The van der Waals surface area contributed by atoms with E-state index in [-0.39, 0.29) is 6.03 Å². The summed E-state index contributed by atoms with van der Waals surface area (Å²) in [6.45, 7) is 4.71. The molecular weight excluding hydrogens is 400 g/mol. The van der Waals surface area contributed by atoms with Crippen LogP contribution in [0.4, 0.5) is 4.79 Å². The number of carbonyl (C=O) groups excluding carboxylic acids is 1. The highest BCUT2D eigenvalue weighted by atomic mass is 16.7. The SMILES string of the molecule is CCCCC1(C#CCCc2ccccc2)c2cc3cc(OCC)ccc3n2C(=O)N1OC. The van der Waals surface area contributed by atoms with Crippen LogP contribution >= 0.6 is 0 Å². The molecule has 0 fully saturated rings. The standard InChI is InChI=1S/C27H30N2O3/c1-4-6-17-27(18-11-10-14-21-12-8-7-9-13-21)25-20-22-19-23(32-5-2)15-16-24(22)28(25)26(30)29(27)31-3/h7-9,12-13,15-16,19-20H,4-6,10,14,17H2,1-3H3. The van der Waals surface area contributed by atoms with Crippen LogP contribution in [0.2, 0.25) is 0 Å². The molecule has 0 saturated heterocycles. The zero-order chi connectivity index (χ0) is 22.6. The third-order valence-electron chi connectivity index (χ3n) is 5.97. The van der Waals surface area contributed by atoms with Crippen LogP contribution in [0, 0.1) is 11.8 Å². The minimum absolute atomic E-state index is 0.199. The van der Waals surface area contributed by atoms with Gasteiger partial charge in [-0.05, 0) is 56.0 Å². The minimum atomic E-state index is -0.802. The first-order chi connectivity index (χ1) is 15.6. The molecule has 3 aromatic rings. The summed E-state index contributed by atoms with van der Waals surface area (Å²) in [7, 11) is 1.55. The Labute approximate surface area is 189 Å². The Kier molecular flexibility index (Phi) is 6.53. The fourth-order valence-corrected chi connectivity index (χ4v) is 4.45. The molecular formula is C27H30N2O3. The van der Waals surface area contributed by atoms with Gasteiger partial charge in [-0.2, -0.15) is 5.06 Å². The van der Waals surface area contributed by atoms with E-state index in [1.807, 2.05) is 43.3 Å². The van der Waals surface area contributed by atoms with Gasteiger partial charge in [-0.3, -0.25) is 9.40 Å². The van der Waals surface area contributed by atoms with Gasteiger partial charge >= 0.3 is 6.03 Å². The summed E-state index contributed by atoms with van der Waals surface area (Å²) in [5.74, 6) is 7.63.